The lowest BCUT2D eigenvalue weighted by Crippen LogP contribution is -2.32. The Bertz CT molecular complexity index is 938. The maximum atomic E-state index is 12.2. The standard InChI is InChI=1S/C20H22N4O2S/c1-20(2,3)24-10-9-15(12-24)18(26)21-11-17(25)23-19-22-16(13-27-19)14-7-5-4-6-8-14/h4-10,12-13H,11H2,1-3H3,(H,21,26)(H,22,23,25). The molecule has 0 saturated carbocycles. The quantitative estimate of drug-likeness (QED) is 0.706. The second kappa shape index (κ2) is 7.75. The third kappa shape index (κ3) is 4.83. The van der Waals surface area contributed by atoms with Crippen molar-refractivity contribution < 1.29 is 9.59 Å². The lowest BCUT2D eigenvalue weighted by atomic mass is 10.1. The van der Waals surface area contributed by atoms with Crippen molar-refractivity contribution in [2.45, 2.75) is 26.3 Å². The first-order valence-electron chi connectivity index (χ1n) is 8.60. The van der Waals surface area contributed by atoms with Crippen LogP contribution in [0.5, 0.6) is 0 Å². The molecule has 0 unspecified atom stereocenters. The molecule has 0 aliphatic heterocycles. The molecule has 3 rings (SSSR count). The molecule has 2 amide bonds. The second-order valence-corrected chi connectivity index (χ2v) is 7.97. The van der Waals surface area contributed by atoms with E-state index < -0.39 is 0 Å². The molecule has 2 heterocycles. The van der Waals surface area contributed by atoms with Gasteiger partial charge >= 0.3 is 0 Å². The van der Waals surface area contributed by atoms with Crippen molar-refractivity contribution in [2.24, 2.45) is 0 Å². The fraction of sp³-hybridized carbons (Fsp3) is 0.250. The molecule has 27 heavy (non-hydrogen) atoms. The number of thiazole rings is 1. The van der Waals surface area contributed by atoms with Gasteiger partial charge in [-0.25, -0.2) is 4.98 Å². The lowest BCUT2D eigenvalue weighted by Gasteiger charge is -2.20. The third-order valence-corrected chi connectivity index (χ3v) is 4.72. The fourth-order valence-corrected chi connectivity index (χ4v) is 3.18. The summed E-state index contributed by atoms with van der Waals surface area (Å²) in [4.78, 5) is 28.7. The molecule has 0 aliphatic carbocycles. The molecule has 7 heteroatoms. The van der Waals surface area contributed by atoms with Crippen LogP contribution in [0.2, 0.25) is 0 Å². The summed E-state index contributed by atoms with van der Waals surface area (Å²) in [7, 11) is 0. The number of benzene rings is 1. The van der Waals surface area contributed by atoms with Crippen LogP contribution in [0.25, 0.3) is 11.3 Å². The van der Waals surface area contributed by atoms with Gasteiger partial charge in [0.05, 0.1) is 17.8 Å². The van der Waals surface area contributed by atoms with E-state index in [1.807, 2.05) is 46.5 Å². The number of anilines is 1. The van der Waals surface area contributed by atoms with Gasteiger partial charge in [-0.05, 0) is 26.8 Å². The van der Waals surface area contributed by atoms with Crippen LogP contribution in [0.15, 0.2) is 54.2 Å². The third-order valence-electron chi connectivity index (χ3n) is 3.96. The average molecular weight is 382 g/mol. The molecule has 0 spiro atoms. The van der Waals surface area contributed by atoms with Gasteiger partial charge in [0, 0.05) is 28.9 Å². The minimum atomic E-state index is -0.312. The van der Waals surface area contributed by atoms with Crippen molar-refractivity contribution in [1.82, 2.24) is 14.9 Å². The normalized spacial score (nSPS) is 11.2. The van der Waals surface area contributed by atoms with Gasteiger partial charge in [-0.3, -0.25) is 9.59 Å². The molecule has 2 N–H and O–H groups in total. The molecule has 6 nitrogen and oxygen atoms in total. The van der Waals surface area contributed by atoms with Crippen molar-refractivity contribution in [1.29, 1.82) is 0 Å². The van der Waals surface area contributed by atoms with Crippen molar-refractivity contribution in [2.75, 3.05) is 11.9 Å². The largest absolute Gasteiger partial charge is 0.348 e. The van der Waals surface area contributed by atoms with E-state index in [4.69, 9.17) is 0 Å². The molecule has 1 aromatic carbocycles. The molecule has 0 saturated heterocycles. The summed E-state index contributed by atoms with van der Waals surface area (Å²) in [5, 5.41) is 7.75. The highest BCUT2D eigenvalue weighted by Crippen LogP contribution is 2.24. The zero-order chi connectivity index (χ0) is 19.4. The van der Waals surface area contributed by atoms with Gasteiger partial charge < -0.3 is 15.2 Å². The van der Waals surface area contributed by atoms with Gasteiger partial charge in [-0.15, -0.1) is 11.3 Å². The maximum absolute atomic E-state index is 12.2. The highest BCUT2D eigenvalue weighted by molar-refractivity contribution is 7.14. The van der Waals surface area contributed by atoms with Gasteiger partial charge in [-0.2, -0.15) is 0 Å². The number of carbonyl (C=O) groups is 2. The summed E-state index contributed by atoms with van der Waals surface area (Å²) < 4.78 is 1.96. The predicted molar refractivity (Wildman–Crippen MR) is 108 cm³/mol. The molecule has 2 aromatic heterocycles. The Kier molecular flexibility index (Phi) is 5.41. The fourth-order valence-electron chi connectivity index (χ4n) is 2.45. The topological polar surface area (TPSA) is 76.0 Å². The molecule has 0 radical (unpaired) electrons. The monoisotopic (exact) mass is 382 g/mol. The van der Waals surface area contributed by atoms with E-state index >= 15 is 0 Å². The number of hydrogen-bond acceptors (Lipinski definition) is 4. The zero-order valence-corrected chi connectivity index (χ0v) is 16.3. The molecule has 3 aromatic rings. The van der Waals surface area contributed by atoms with Crippen molar-refractivity contribution in [3.8, 4) is 11.3 Å². The first-order chi connectivity index (χ1) is 12.8. The van der Waals surface area contributed by atoms with Gasteiger partial charge in [-0.1, -0.05) is 30.3 Å². The smallest absolute Gasteiger partial charge is 0.253 e. The zero-order valence-electron chi connectivity index (χ0n) is 15.5. The van der Waals surface area contributed by atoms with E-state index in [0.29, 0.717) is 10.7 Å². The first-order valence-corrected chi connectivity index (χ1v) is 9.48. The number of rotatable bonds is 5. The minimum Gasteiger partial charge on any atom is -0.348 e. The van der Waals surface area contributed by atoms with Crippen molar-refractivity contribution >= 4 is 28.3 Å². The Balaban J connectivity index is 1.53. The van der Waals surface area contributed by atoms with Crippen LogP contribution < -0.4 is 10.6 Å². The summed E-state index contributed by atoms with van der Waals surface area (Å²) in [5.74, 6) is -0.593. The van der Waals surface area contributed by atoms with E-state index in [-0.39, 0.29) is 23.9 Å². The number of hydrogen-bond donors (Lipinski definition) is 2. The van der Waals surface area contributed by atoms with Crippen LogP contribution in [-0.2, 0) is 10.3 Å². The van der Waals surface area contributed by atoms with Gasteiger partial charge in [0.25, 0.3) is 5.91 Å². The number of nitrogens with zero attached hydrogens (tertiary/aromatic N) is 2. The molecule has 0 aliphatic rings. The van der Waals surface area contributed by atoms with E-state index in [0.717, 1.165) is 11.3 Å². The molecule has 0 fully saturated rings. The van der Waals surface area contributed by atoms with Crippen LogP contribution in [0.4, 0.5) is 5.13 Å². The van der Waals surface area contributed by atoms with E-state index in [2.05, 4.69) is 36.4 Å². The van der Waals surface area contributed by atoms with Crippen LogP contribution in [-0.4, -0.2) is 27.9 Å². The van der Waals surface area contributed by atoms with E-state index in [9.17, 15) is 9.59 Å². The predicted octanol–water partition coefficient (Wildman–Crippen LogP) is 3.74. The van der Waals surface area contributed by atoms with Crippen LogP contribution in [0.3, 0.4) is 0 Å². The van der Waals surface area contributed by atoms with Gasteiger partial charge in [0.15, 0.2) is 5.13 Å². The SMILES string of the molecule is CC(C)(C)n1ccc(C(=O)NCC(=O)Nc2nc(-c3ccccc3)cs2)c1. The number of amides is 2. The lowest BCUT2D eigenvalue weighted by molar-refractivity contribution is -0.115. The summed E-state index contributed by atoms with van der Waals surface area (Å²) in [6, 6.07) is 11.5. The Labute approximate surface area is 162 Å². The Morgan fingerprint density at radius 3 is 2.56 bits per heavy atom. The van der Waals surface area contributed by atoms with Crippen LogP contribution in [0.1, 0.15) is 31.1 Å². The Morgan fingerprint density at radius 2 is 1.89 bits per heavy atom. The van der Waals surface area contributed by atoms with Crippen molar-refractivity contribution in [3.63, 3.8) is 0 Å². The molecule has 140 valence electrons. The minimum absolute atomic E-state index is 0.1000. The highest BCUT2D eigenvalue weighted by atomic mass is 32.1. The molecule has 0 bridgehead atoms. The van der Waals surface area contributed by atoms with Gasteiger partial charge in [0.2, 0.25) is 5.91 Å². The maximum Gasteiger partial charge on any atom is 0.253 e. The van der Waals surface area contributed by atoms with Crippen LogP contribution >= 0.6 is 11.3 Å². The van der Waals surface area contributed by atoms with Crippen molar-refractivity contribution in [3.05, 3.63) is 59.7 Å². The summed E-state index contributed by atoms with van der Waals surface area (Å²) >= 11 is 1.35. The molecular weight excluding hydrogens is 360 g/mol. The number of nitrogens with one attached hydrogen (secondary N) is 2. The van der Waals surface area contributed by atoms with Gasteiger partial charge in [0.1, 0.15) is 0 Å². The molecular formula is C20H22N4O2S. The second-order valence-electron chi connectivity index (χ2n) is 7.11. The Hall–Kier alpha value is -2.93. The Morgan fingerprint density at radius 1 is 1.15 bits per heavy atom. The highest BCUT2D eigenvalue weighted by Gasteiger charge is 2.16. The summed E-state index contributed by atoms with van der Waals surface area (Å²) in [6.45, 7) is 6.05. The van der Waals surface area contributed by atoms with Crippen LogP contribution in [0, 0.1) is 0 Å². The first kappa shape index (κ1) is 18.8. The number of aromatic nitrogens is 2. The summed E-state index contributed by atoms with van der Waals surface area (Å²) in [6.07, 6.45) is 3.63. The summed E-state index contributed by atoms with van der Waals surface area (Å²) in [5.41, 5.74) is 2.23. The number of carbonyl (C=O) groups excluding carboxylic acids is 2. The van der Waals surface area contributed by atoms with E-state index in [1.165, 1.54) is 11.3 Å². The molecule has 0 atom stereocenters. The average Bonchev–Trinajstić information content (AvgIpc) is 3.30. The van der Waals surface area contributed by atoms with E-state index in [1.54, 1.807) is 12.3 Å².